The lowest BCUT2D eigenvalue weighted by atomic mass is 10.2. The molecule has 128 valence electrons. The Bertz CT molecular complexity index is 411. The molecule has 0 aromatic rings. The smallest absolute Gasteiger partial charge is 0.00137 e. The minimum atomic E-state index is 0. The van der Waals surface area contributed by atoms with Gasteiger partial charge in [0, 0.05) is 0 Å². The Morgan fingerprint density at radius 1 is 1.05 bits per heavy atom. The first kappa shape index (κ1) is 28.8. The molecule has 0 saturated heterocycles. The summed E-state index contributed by atoms with van der Waals surface area (Å²) in [6.45, 7) is 18.6. The number of allylic oxidation sites excluding steroid dienone is 1. The van der Waals surface area contributed by atoms with E-state index in [0.29, 0.717) is 0 Å². The fraction of sp³-hybridized carbons (Fsp3) is 0.682. The summed E-state index contributed by atoms with van der Waals surface area (Å²) < 4.78 is 0. The average molecular weight is 305 g/mol. The van der Waals surface area contributed by atoms with Crippen LogP contribution in [0.3, 0.4) is 0 Å². The largest absolute Gasteiger partial charge is 0.0776 e. The highest BCUT2D eigenvalue weighted by molar-refractivity contribution is 4.97. The first-order valence-corrected chi connectivity index (χ1v) is 7.74. The van der Waals surface area contributed by atoms with Gasteiger partial charge in [0.15, 0.2) is 0 Å². The standard InChI is InChI=1S/C10H10.C5H10.C5H12.2CH4/c1-4-6-7-8-9-10(3)5-2;1-4-3-5(4)2;1-4-5(2)3;;/h1,5H2,2-3H3;4-5H,3H2,1-2H3;5H,4H2,1-3H3;2*1H4. The maximum Gasteiger partial charge on any atom is -0.00137 e. The van der Waals surface area contributed by atoms with Gasteiger partial charge in [-0.1, -0.05) is 74.3 Å². The highest BCUT2D eigenvalue weighted by Crippen LogP contribution is 2.36. The van der Waals surface area contributed by atoms with E-state index in [1.165, 1.54) is 12.8 Å². The normalized spacial score (nSPS) is 16.0. The van der Waals surface area contributed by atoms with Crippen LogP contribution in [0.5, 0.6) is 0 Å². The summed E-state index contributed by atoms with van der Waals surface area (Å²) in [5.41, 5.74) is 14.3. The summed E-state index contributed by atoms with van der Waals surface area (Å²) in [6, 6.07) is 0. The van der Waals surface area contributed by atoms with Gasteiger partial charge in [-0.3, -0.25) is 0 Å². The molecule has 22 heavy (non-hydrogen) atoms. The SMILES string of the molecule is C.C.C=C=C=C=C=C=C(C)CC.CC1CC1C.CCC(C)C. The molecule has 1 aliphatic rings. The molecule has 0 aromatic heterocycles. The van der Waals surface area contributed by atoms with Crippen LogP contribution in [0.25, 0.3) is 0 Å². The molecule has 0 heterocycles. The molecule has 0 N–H and O–H groups in total. The molecule has 0 aliphatic heterocycles. The molecule has 1 fully saturated rings. The molecule has 1 rings (SSSR count). The second-order valence-corrected chi connectivity index (χ2v) is 5.80. The quantitative estimate of drug-likeness (QED) is 0.458. The second kappa shape index (κ2) is 19.6. The minimum Gasteiger partial charge on any atom is -0.0776 e. The van der Waals surface area contributed by atoms with Crippen molar-refractivity contribution in [1.82, 2.24) is 0 Å². The number of hydrogen-bond acceptors (Lipinski definition) is 0. The molecule has 0 amide bonds. The first-order valence-electron chi connectivity index (χ1n) is 7.74. The van der Waals surface area contributed by atoms with Crippen LogP contribution >= 0.6 is 0 Å². The third-order valence-corrected chi connectivity index (χ3v) is 3.35. The summed E-state index contributed by atoms with van der Waals surface area (Å²) in [5.74, 6) is 2.99. The molecule has 0 heteroatoms. The molecule has 1 aliphatic carbocycles. The fourth-order valence-electron chi connectivity index (χ4n) is 0.810. The lowest BCUT2D eigenvalue weighted by Crippen LogP contribution is -1.77. The zero-order valence-corrected chi connectivity index (χ0v) is 14.6. The van der Waals surface area contributed by atoms with E-state index in [-0.39, 0.29) is 14.9 Å². The van der Waals surface area contributed by atoms with Gasteiger partial charge < -0.3 is 0 Å². The van der Waals surface area contributed by atoms with Gasteiger partial charge in [-0.25, -0.2) is 0 Å². The first-order chi connectivity index (χ1) is 9.38. The maximum absolute atomic E-state index is 3.32. The average Bonchev–Trinajstić information content (AvgIpc) is 3.08. The van der Waals surface area contributed by atoms with Crippen LogP contribution in [0, 0.1) is 17.8 Å². The highest BCUT2D eigenvalue weighted by atomic mass is 14.3. The van der Waals surface area contributed by atoms with Crippen LogP contribution in [0.15, 0.2) is 40.8 Å². The van der Waals surface area contributed by atoms with Crippen LogP contribution in [0.4, 0.5) is 0 Å². The Morgan fingerprint density at radius 3 is 1.68 bits per heavy atom. The van der Waals surface area contributed by atoms with E-state index in [2.05, 4.69) is 76.8 Å². The Labute approximate surface area is 141 Å². The Hall–Kier alpha value is -1.36. The van der Waals surface area contributed by atoms with Crippen molar-refractivity contribution >= 4 is 0 Å². The van der Waals surface area contributed by atoms with Crippen LogP contribution < -0.4 is 0 Å². The Kier molecular flexibility index (Phi) is 25.7. The number of rotatable bonds is 2. The third-order valence-electron chi connectivity index (χ3n) is 3.35. The minimum absolute atomic E-state index is 0. The van der Waals surface area contributed by atoms with E-state index in [1.54, 1.807) is 0 Å². The van der Waals surface area contributed by atoms with Gasteiger partial charge in [-0.2, -0.15) is 0 Å². The van der Waals surface area contributed by atoms with E-state index >= 15 is 0 Å². The predicted octanol–water partition coefficient (Wildman–Crippen LogP) is 7.73. The van der Waals surface area contributed by atoms with Crippen LogP contribution in [-0.2, 0) is 0 Å². The van der Waals surface area contributed by atoms with E-state index in [4.69, 9.17) is 0 Å². The van der Waals surface area contributed by atoms with Crippen molar-refractivity contribution in [3.63, 3.8) is 0 Å². The summed E-state index contributed by atoms with van der Waals surface area (Å²) in [4.78, 5) is 0. The van der Waals surface area contributed by atoms with E-state index < -0.39 is 0 Å². The van der Waals surface area contributed by atoms with Gasteiger partial charge in [0.1, 0.15) is 0 Å². The van der Waals surface area contributed by atoms with Gasteiger partial charge >= 0.3 is 0 Å². The summed E-state index contributed by atoms with van der Waals surface area (Å²) in [6.07, 6.45) is 3.77. The Morgan fingerprint density at radius 2 is 1.45 bits per heavy atom. The third kappa shape index (κ3) is 27.1. The van der Waals surface area contributed by atoms with E-state index in [9.17, 15) is 0 Å². The molecular weight excluding hydrogens is 264 g/mol. The molecule has 0 spiro atoms. The van der Waals surface area contributed by atoms with Gasteiger partial charge in [0.05, 0.1) is 0 Å². The van der Waals surface area contributed by atoms with Gasteiger partial charge in [0.2, 0.25) is 0 Å². The molecule has 0 aromatic carbocycles. The van der Waals surface area contributed by atoms with Crippen LogP contribution in [0.1, 0.15) is 82.6 Å². The van der Waals surface area contributed by atoms with Gasteiger partial charge in [0.25, 0.3) is 0 Å². The molecule has 2 unspecified atom stereocenters. The fourth-order valence-corrected chi connectivity index (χ4v) is 0.810. The Balaban J connectivity index is -0.000000115. The molecule has 2 atom stereocenters. The lowest BCUT2D eigenvalue weighted by molar-refractivity contribution is 0.626. The van der Waals surface area contributed by atoms with Crippen molar-refractivity contribution in [2.24, 2.45) is 17.8 Å². The lowest BCUT2D eigenvalue weighted by Gasteiger charge is -1.90. The highest BCUT2D eigenvalue weighted by Gasteiger charge is 2.26. The van der Waals surface area contributed by atoms with Crippen LogP contribution in [0.2, 0.25) is 0 Å². The van der Waals surface area contributed by atoms with Crippen molar-refractivity contribution in [2.45, 2.75) is 82.6 Å². The van der Waals surface area contributed by atoms with Crippen molar-refractivity contribution in [2.75, 3.05) is 0 Å². The van der Waals surface area contributed by atoms with Crippen molar-refractivity contribution in [3.05, 3.63) is 40.8 Å². The van der Waals surface area contributed by atoms with Crippen molar-refractivity contribution in [3.8, 4) is 0 Å². The maximum atomic E-state index is 3.32. The van der Waals surface area contributed by atoms with E-state index in [1.807, 2.05) is 6.92 Å². The zero-order chi connectivity index (χ0) is 16.0. The summed E-state index contributed by atoms with van der Waals surface area (Å²) in [7, 11) is 0. The van der Waals surface area contributed by atoms with Crippen molar-refractivity contribution < 1.29 is 0 Å². The van der Waals surface area contributed by atoms with E-state index in [0.717, 1.165) is 29.7 Å². The monoisotopic (exact) mass is 304 g/mol. The summed E-state index contributed by atoms with van der Waals surface area (Å²) >= 11 is 0. The predicted molar refractivity (Wildman–Crippen MR) is 104 cm³/mol. The van der Waals surface area contributed by atoms with Gasteiger partial charge in [-0.05, 0) is 66.9 Å². The number of hydrogen-bond donors (Lipinski definition) is 0. The van der Waals surface area contributed by atoms with Crippen LogP contribution in [-0.4, -0.2) is 0 Å². The van der Waals surface area contributed by atoms with Gasteiger partial charge in [-0.15, -0.1) is 0 Å². The van der Waals surface area contributed by atoms with Crippen molar-refractivity contribution in [1.29, 1.82) is 0 Å². The molecule has 0 bridgehead atoms. The summed E-state index contributed by atoms with van der Waals surface area (Å²) in [5, 5.41) is 0. The second-order valence-electron chi connectivity index (χ2n) is 5.80. The molecule has 1 saturated carbocycles. The zero-order valence-electron chi connectivity index (χ0n) is 14.6. The molecule has 0 nitrogen and oxygen atoms in total. The topological polar surface area (TPSA) is 0 Å². The molecule has 0 radical (unpaired) electrons. The molecular formula is C22H40.